The van der Waals surface area contributed by atoms with Gasteiger partial charge in [-0.05, 0) is 103 Å². The Morgan fingerprint density at radius 1 is 0.921 bits per heavy atom. The Morgan fingerprint density at radius 3 is 2.29 bits per heavy atom. The molecule has 6 aliphatic carbocycles. The van der Waals surface area contributed by atoms with E-state index in [1.807, 2.05) is 0 Å². The van der Waals surface area contributed by atoms with Gasteiger partial charge in [-0.3, -0.25) is 9.59 Å². The highest BCUT2D eigenvalue weighted by Gasteiger charge is 2.89. The highest BCUT2D eigenvalue weighted by Crippen LogP contribution is 2.91. The van der Waals surface area contributed by atoms with E-state index in [2.05, 4.69) is 48.5 Å². The maximum Gasteiger partial charge on any atom is 0.302 e. The minimum atomic E-state index is -0.665. The van der Waals surface area contributed by atoms with Crippen LogP contribution in [0.4, 0.5) is 0 Å². The van der Waals surface area contributed by atoms with Crippen molar-refractivity contribution < 1.29 is 24.2 Å². The number of carbonyl (C=O) groups excluding carboxylic acids is 2. The molecule has 0 heterocycles. The van der Waals surface area contributed by atoms with Crippen molar-refractivity contribution in [2.24, 2.45) is 62.1 Å². The van der Waals surface area contributed by atoms with Crippen molar-refractivity contribution in [2.45, 2.75) is 131 Å². The van der Waals surface area contributed by atoms with Gasteiger partial charge in [0, 0.05) is 23.7 Å². The SMILES string of the molecule is CC(=O)O[C@H]1CC[C@@]2(C)[C@H](CC[C@]3(C)[C@@H]2[C@H](O)[C@H](OC=O)[C@]24C[C@@]23CC[C@@]2(C)CC[C@@H](C)[C@H](C)[C@H]24)C1(C)C. The third-order valence-electron chi connectivity index (χ3n) is 15.0. The average molecular weight is 529 g/mol. The van der Waals surface area contributed by atoms with Gasteiger partial charge in [0.2, 0.25) is 0 Å². The molecule has 6 aliphatic rings. The van der Waals surface area contributed by atoms with E-state index in [1.165, 1.54) is 32.6 Å². The van der Waals surface area contributed by atoms with Crippen LogP contribution in [0.1, 0.15) is 113 Å². The summed E-state index contributed by atoms with van der Waals surface area (Å²) in [7, 11) is 0. The van der Waals surface area contributed by atoms with Crippen molar-refractivity contribution in [3.63, 3.8) is 0 Å². The minimum absolute atomic E-state index is 0.00644. The number of rotatable bonds is 3. The van der Waals surface area contributed by atoms with Gasteiger partial charge in [0.1, 0.15) is 12.2 Å². The second-order valence-corrected chi connectivity index (χ2v) is 16.4. The fourth-order valence-electron chi connectivity index (χ4n) is 13.5. The fraction of sp³-hybridized carbons (Fsp3) is 0.939. The van der Waals surface area contributed by atoms with Gasteiger partial charge in [0.05, 0.1) is 6.10 Å². The quantitative estimate of drug-likeness (QED) is 0.332. The number of ether oxygens (including phenoxy) is 2. The molecule has 214 valence electrons. The van der Waals surface area contributed by atoms with E-state index in [0.29, 0.717) is 30.1 Å². The van der Waals surface area contributed by atoms with E-state index in [0.717, 1.165) is 32.1 Å². The summed E-state index contributed by atoms with van der Waals surface area (Å²) in [5.74, 6) is 1.89. The fourth-order valence-corrected chi connectivity index (χ4v) is 13.5. The monoisotopic (exact) mass is 528 g/mol. The lowest BCUT2D eigenvalue weighted by molar-refractivity contribution is -0.285. The lowest BCUT2D eigenvalue weighted by Gasteiger charge is -2.71. The molecule has 1 N–H and O–H groups in total. The first-order valence-electron chi connectivity index (χ1n) is 15.6. The van der Waals surface area contributed by atoms with Crippen LogP contribution in [0, 0.1) is 62.1 Å². The molecule has 38 heavy (non-hydrogen) atoms. The van der Waals surface area contributed by atoms with Gasteiger partial charge in [0.25, 0.3) is 6.47 Å². The molecule has 13 atom stereocenters. The van der Waals surface area contributed by atoms with Crippen molar-refractivity contribution in [1.29, 1.82) is 0 Å². The van der Waals surface area contributed by atoms with Crippen molar-refractivity contribution >= 4 is 12.4 Å². The first-order valence-corrected chi connectivity index (χ1v) is 15.6. The number of aliphatic hydroxyl groups excluding tert-OH is 1. The minimum Gasteiger partial charge on any atom is -0.462 e. The van der Waals surface area contributed by atoms with Gasteiger partial charge >= 0.3 is 5.97 Å². The van der Waals surface area contributed by atoms with Gasteiger partial charge < -0.3 is 14.6 Å². The van der Waals surface area contributed by atoms with E-state index in [-0.39, 0.29) is 50.5 Å². The van der Waals surface area contributed by atoms with Gasteiger partial charge in [-0.1, -0.05) is 48.5 Å². The summed E-state index contributed by atoms with van der Waals surface area (Å²) in [5.41, 5.74) is -0.00992. The molecule has 6 saturated carbocycles. The second kappa shape index (κ2) is 8.01. The summed E-state index contributed by atoms with van der Waals surface area (Å²) in [6.07, 6.45) is 8.83. The van der Waals surface area contributed by atoms with E-state index in [1.54, 1.807) is 0 Å². The zero-order chi connectivity index (χ0) is 27.7. The molecule has 0 aromatic carbocycles. The lowest BCUT2D eigenvalue weighted by atomic mass is 9.34. The number of esters is 1. The maximum atomic E-state index is 12.5. The molecule has 5 nitrogen and oxygen atoms in total. The largest absolute Gasteiger partial charge is 0.462 e. The van der Waals surface area contributed by atoms with E-state index in [4.69, 9.17) is 9.47 Å². The summed E-state index contributed by atoms with van der Waals surface area (Å²) in [5, 5.41) is 12.5. The predicted molar refractivity (Wildman–Crippen MR) is 146 cm³/mol. The Bertz CT molecular complexity index is 1020. The summed E-state index contributed by atoms with van der Waals surface area (Å²) < 4.78 is 12.0. The topological polar surface area (TPSA) is 72.8 Å². The third-order valence-corrected chi connectivity index (χ3v) is 15.0. The van der Waals surface area contributed by atoms with Crippen LogP contribution in [0.5, 0.6) is 0 Å². The van der Waals surface area contributed by atoms with Crippen LogP contribution < -0.4 is 0 Å². The third kappa shape index (κ3) is 2.93. The molecule has 0 aromatic rings. The summed E-state index contributed by atoms with van der Waals surface area (Å²) in [6.45, 7) is 19.0. The maximum absolute atomic E-state index is 12.5. The average Bonchev–Trinajstić information content (AvgIpc) is 3.53. The summed E-state index contributed by atoms with van der Waals surface area (Å²) >= 11 is 0. The highest BCUT2D eigenvalue weighted by molar-refractivity contribution is 5.66. The van der Waals surface area contributed by atoms with Gasteiger partial charge in [-0.25, -0.2) is 0 Å². The summed E-state index contributed by atoms with van der Waals surface area (Å²) in [6, 6.07) is 0. The number of hydrogen-bond acceptors (Lipinski definition) is 5. The number of hydrogen-bond donors (Lipinski definition) is 1. The Kier molecular flexibility index (Phi) is 5.71. The van der Waals surface area contributed by atoms with Crippen molar-refractivity contribution in [3.8, 4) is 0 Å². The molecule has 6 fully saturated rings. The Hall–Kier alpha value is -1.10. The van der Waals surface area contributed by atoms with Gasteiger partial charge in [-0.15, -0.1) is 0 Å². The molecule has 0 unspecified atom stereocenters. The normalized spacial score (nSPS) is 58.1. The molecule has 6 rings (SSSR count). The Labute approximate surface area is 230 Å². The van der Waals surface area contributed by atoms with E-state index < -0.39 is 12.2 Å². The number of carbonyl (C=O) groups is 2. The van der Waals surface area contributed by atoms with Crippen LogP contribution in [0.25, 0.3) is 0 Å². The number of aliphatic hydroxyl groups is 1. The molecule has 0 saturated heterocycles. The molecule has 0 radical (unpaired) electrons. The van der Waals surface area contributed by atoms with Crippen LogP contribution in [-0.2, 0) is 19.1 Å². The smallest absolute Gasteiger partial charge is 0.302 e. The number of fused-ring (bicyclic) bond motifs is 4. The zero-order valence-corrected chi connectivity index (χ0v) is 25.1. The Morgan fingerprint density at radius 2 is 1.63 bits per heavy atom. The first kappa shape index (κ1) is 27.1. The molecule has 0 aromatic heterocycles. The first-order chi connectivity index (χ1) is 17.7. The standard InChI is InChI=1S/C33H52O5/c1-19-9-12-29(6)15-16-32-17-33(32,25(29)20(19)2)27(37-18-34)24(36)26-30(7)13-11-23(38-21(3)35)28(4,5)22(30)10-14-31(26,32)8/h18-20,22-27,36H,9-17H2,1-8H3/t19-,20+,22-,23+,24+,25-,26-,27+,29-,30+,31-,32-,33-/m1/s1. The lowest BCUT2D eigenvalue weighted by Crippen LogP contribution is -2.71. The molecule has 0 bridgehead atoms. The van der Waals surface area contributed by atoms with Crippen molar-refractivity contribution in [3.05, 3.63) is 0 Å². The van der Waals surface area contributed by atoms with Crippen LogP contribution in [0.2, 0.25) is 0 Å². The van der Waals surface area contributed by atoms with Crippen molar-refractivity contribution in [2.75, 3.05) is 0 Å². The second-order valence-electron chi connectivity index (χ2n) is 16.4. The van der Waals surface area contributed by atoms with E-state index in [9.17, 15) is 14.7 Å². The van der Waals surface area contributed by atoms with Crippen LogP contribution in [-0.4, -0.2) is 35.9 Å². The summed E-state index contributed by atoms with van der Waals surface area (Å²) in [4.78, 5) is 24.1. The van der Waals surface area contributed by atoms with Crippen molar-refractivity contribution in [1.82, 2.24) is 0 Å². The van der Waals surface area contributed by atoms with Crippen LogP contribution in [0.15, 0.2) is 0 Å². The van der Waals surface area contributed by atoms with Gasteiger partial charge in [0.15, 0.2) is 0 Å². The molecular weight excluding hydrogens is 476 g/mol. The van der Waals surface area contributed by atoms with Crippen LogP contribution in [0.3, 0.4) is 0 Å². The Balaban J connectivity index is 1.46. The molecule has 5 heteroatoms. The molecule has 0 spiro atoms. The van der Waals surface area contributed by atoms with E-state index >= 15 is 0 Å². The highest BCUT2D eigenvalue weighted by atomic mass is 16.5. The van der Waals surface area contributed by atoms with Gasteiger partial charge in [-0.2, -0.15) is 0 Å². The molecule has 0 amide bonds. The molecular formula is C33H52O5. The molecule has 0 aliphatic heterocycles. The zero-order valence-electron chi connectivity index (χ0n) is 25.1. The van der Waals surface area contributed by atoms with Crippen LogP contribution >= 0.6 is 0 Å². The predicted octanol–water partition coefficient (Wildman–Crippen LogP) is 6.55.